The number of carbonyl (C=O) groups is 2. The standard InChI is InChI=1S/C56H40O4S2/c1-55(2)45-11-7-5-9-37(45)39-19-13-35(29-47(39)55)33-17-23-51-43(27-33)53(57)41-25-31(15-21-49(41)61(51)59)32-16-22-50-42(26-32)54(58)44-28-34(18-24-52(44)62(50)60)36-14-20-40-38-10-6-8-12-46(38)56(3,4)48(40)30-36/h5-30,41,44H,1-4H3/q-2. The van der Waals surface area contributed by atoms with E-state index in [2.05, 4.69) is 113 Å². The largest absolute Gasteiger partial charge is 0.457 e. The molecule has 0 amide bonds. The zero-order valence-electron chi connectivity index (χ0n) is 34.6. The zero-order chi connectivity index (χ0) is 42.4. The van der Waals surface area contributed by atoms with Crippen molar-refractivity contribution in [2.75, 3.05) is 0 Å². The SMILES string of the molecule is CC1(C)c2ccccc2-c2ccc(C3=CC4C(=O)c5cc(C6=CC7C(=O)c8cc(-c9ccc%10c(c9)C(C)(C)c9ccccc9-%10)ccc8[S-](=O)=C7C=C6)ccc5[S-](=O)=C4C=C3)cc21. The third-order valence-electron chi connectivity index (χ3n) is 14.2. The molecular formula is C56H40O4S2-2. The minimum absolute atomic E-state index is 0.102. The summed E-state index contributed by atoms with van der Waals surface area (Å²) in [4.78, 5) is 31.0. The van der Waals surface area contributed by atoms with Crippen LogP contribution >= 0.6 is 0 Å². The van der Waals surface area contributed by atoms with Crippen molar-refractivity contribution in [2.45, 2.75) is 48.3 Å². The highest BCUT2D eigenvalue weighted by Gasteiger charge is 2.37. The molecule has 0 radical (unpaired) electrons. The molecule has 4 nitrogen and oxygen atoms in total. The molecule has 4 aliphatic carbocycles. The highest BCUT2D eigenvalue weighted by molar-refractivity contribution is 7.86. The van der Waals surface area contributed by atoms with E-state index >= 15 is 0 Å². The van der Waals surface area contributed by atoms with Crippen LogP contribution in [0.1, 0.15) is 81.8 Å². The van der Waals surface area contributed by atoms with Gasteiger partial charge < -0.3 is 8.42 Å². The van der Waals surface area contributed by atoms with Crippen molar-refractivity contribution in [1.29, 1.82) is 0 Å². The normalized spacial score (nSPS) is 20.9. The molecule has 302 valence electrons. The molecule has 2 aliphatic heterocycles. The van der Waals surface area contributed by atoms with Crippen molar-refractivity contribution >= 4 is 53.2 Å². The van der Waals surface area contributed by atoms with Crippen molar-refractivity contribution in [3.63, 3.8) is 0 Å². The fourth-order valence-corrected chi connectivity index (χ4v) is 13.6. The van der Waals surface area contributed by atoms with Crippen LogP contribution in [0.4, 0.5) is 0 Å². The number of carbonyl (C=O) groups excluding carboxylic acids is 2. The molecule has 2 unspecified atom stereocenters. The number of allylic oxidation sites excluding steroid dienone is 8. The Balaban J connectivity index is 0.857. The Kier molecular flexibility index (Phi) is 7.90. The van der Waals surface area contributed by atoms with E-state index in [4.69, 9.17) is 0 Å². The predicted molar refractivity (Wildman–Crippen MR) is 252 cm³/mol. The Morgan fingerprint density at radius 1 is 0.403 bits per heavy atom. The predicted octanol–water partition coefficient (Wildman–Crippen LogP) is 11.9. The maximum atomic E-state index is 14.4. The number of benzene rings is 6. The number of Topliss-reactive ketones (excluding diaryl/α,β-unsaturated/α-hetero) is 2. The Labute approximate surface area is 365 Å². The van der Waals surface area contributed by atoms with E-state index in [9.17, 15) is 18.0 Å². The van der Waals surface area contributed by atoms with Crippen LogP contribution in [0.15, 0.2) is 168 Å². The van der Waals surface area contributed by atoms with Crippen LogP contribution in [0.3, 0.4) is 0 Å². The summed E-state index contributed by atoms with van der Waals surface area (Å²) in [7, 11) is -3.05. The smallest absolute Gasteiger partial charge is 0.170 e. The van der Waals surface area contributed by atoms with E-state index in [1.165, 1.54) is 44.5 Å². The molecule has 0 N–H and O–H groups in total. The first-order chi connectivity index (χ1) is 29.9. The van der Waals surface area contributed by atoms with E-state index in [1.807, 2.05) is 60.7 Å². The summed E-state index contributed by atoms with van der Waals surface area (Å²) in [5.41, 5.74) is 16.0. The molecule has 12 rings (SSSR count). The Hall–Kier alpha value is -6.34. The first-order valence-corrected chi connectivity index (χ1v) is 23.4. The molecule has 0 aromatic heterocycles. The maximum Gasteiger partial charge on any atom is 0.170 e. The highest BCUT2D eigenvalue weighted by atomic mass is 32.2. The summed E-state index contributed by atoms with van der Waals surface area (Å²) < 4.78 is 28.1. The van der Waals surface area contributed by atoms with E-state index in [0.717, 1.165) is 33.4 Å². The van der Waals surface area contributed by atoms with E-state index in [-0.39, 0.29) is 22.4 Å². The third kappa shape index (κ3) is 5.17. The van der Waals surface area contributed by atoms with Crippen LogP contribution < -0.4 is 0 Å². The number of hydrogen-bond acceptors (Lipinski definition) is 6. The molecule has 2 atom stereocenters. The van der Waals surface area contributed by atoms with Gasteiger partial charge in [0.05, 0.1) is 0 Å². The number of rotatable bonds is 3. The van der Waals surface area contributed by atoms with E-state index in [0.29, 0.717) is 30.6 Å². The molecule has 6 aliphatic rings. The van der Waals surface area contributed by atoms with Gasteiger partial charge in [0.1, 0.15) is 0 Å². The summed E-state index contributed by atoms with van der Waals surface area (Å²) in [5, 5.41) is 0. The van der Waals surface area contributed by atoms with Gasteiger partial charge in [0.25, 0.3) is 0 Å². The van der Waals surface area contributed by atoms with Gasteiger partial charge in [-0.3, -0.25) is 9.59 Å². The Morgan fingerprint density at radius 3 is 1.32 bits per heavy atom. The zero-order valence-corrected chi connectivity index (χ0v) is 36.2. The van der Waals surface area contributed by atoms with E-state index in [1.54, 1.807) is 12.1 Å². The van der Waals surface area contributed by atoms with Gasteiger partial charge in [-0.05, 0) is 102 Å². The third-order valence-corrected chi connectivity index (χ3v) is 17.4. The lowest BCUT2D eigenvalue weighted by Gasteiger charge is -2.33. The molecular weight excluding hydrogens is 801 g/mol. The summed E-state index contributed by atoms with van der Waals surface area (Å²) >= 11 is 0. The molecule has 0 saturated heterocycles. The Morgan fingerprint density at radius 2 is 0.790 bits per heavy atom. The minimum Gasteiger partial charge on any atom is -0.457 e. The van der Waals surface area contributed by atoms with Gasteiger partial charge in [-0.2, -0.15) is 0 Å². The quantitative estimate of drug-likeness (QED) is 0.131. The molecule has 0 spiro atoms. The fourth-order valence-electron chi connectivity index (χ4n) is 10.8. The van der Waals surface area contributed by atoms with Gasteiger partial charge in [-0.1, -0.05) is 161 Å². The molecule has 6 heteroatoms. The molecule has 62 heavy (non-hydrogen) atoms. The lowest BCUT2D eigenvalue weighted by molar-refractivity contribution is 0.0961. The highest BCUT2D eigenvalue weighted by Crippen LogP contribution is 2.51. The monoisotopic (exact) mass is 840 g/mol. The number of hydrogen-bond donors (Lipinski definition) is 0. The number of ketones is 2. The van der Waals surface area contributed by atoms with Crippen LogP contribution in [0.25, 0.3) is 44.5 Å². The first kappa shape index (κ1) is 37.4. The van der Waals surface area contributed by atoms with Crippen molar-refractivity contribution in [3.05, 3.63) is 202 Å². The molecule has 2 heterocycles. The van der Waals surface area contributed by atoms with Gasteiger partial charge in [0.15, 0.2) is 11.6 Å². The fraction of sp³-hybridized carbons (Fsp3) is 0.143. The van der Waals surface area contributed by atoms with Gasteiger partial charge >= 0.3 is 0 Å². The van der Waals surface area contributed by atoms with Crippen LogP contribution in [0, 0.1) is 11.8 Å². The van der Waals surface area contributed by atoms with Gasteiger partial charge in [-0.25, -0.2) is 20.8 Å². The maximum absolute atomic E-state index is 14.4. The van der Waals surface area contributed by atoms with Crippen molar-refractivity contribution < 1.29 is 18.0 Å². The molecule has 0 saturated carbocycles. The van der Waals surface area contributed by atoms with Crippen LogP contribution in [-0.2, 0) is 40.0 Å². The van der Waals surface area contributed by atoms with Gasteiger partial charge in [0.2, 0.25) is 0 Å². The molecule has 0 bridgehead atoms. The van der Waals surface area contributed by atoms with Gasteiger partial charge in [0, 0.05) is 33.8 Å². The van der Waals surface area contributed by atoms with Crippen molar-refractivity contribution in [2.24, 2.45) is 11.8 Å². The second kappa shape index (κ2) is 13.1. The van der Waals surface area contributed by atoms with Crippen LogP contribution in [-0.4, -0.2) is 21.3 Å². The molecule has 0 fully saturated rings. The average molecular weight is 841 g/mol. The summed E-state index contributed by atoms with van der Waals surface area (Å²) in [5.74, 6) is -1.58. The van der Waals surface area contributed by atoms with Crippen LogP contribution in [0.2, 0.25) is 0 Å². The number of fused-ring (bicyclic) bond motifs is 10. The summed E-state index contributed by atoms with van der Waals surface area (Å²) in [6.07, 6.45) is 11.4. The second-order valence-electron chi connectivity index (χ2n) is 18.2. The average Bonchev–Trinajstić information content (AvgIpc) is 3.68. The first-order valence-electron chi connectivity index (χ1n) is 21.1. The molecule has 6 aromatic carbocycles. The summed E-state index contributed by atoms with van der Waals surface area (Å²) in [6.45, 7) is 9.01. The Bertz CT molecular complexity index is 3440. The van der Waals surface area contributed by atoms with Crippen LogP contribution in [0.5, 0.6) is 0 Å². The summed E-state index contributed by atoms with van der Waals surface area (Å²) in [6, 6.07) is 41.3. The lowest BCUT2D eigenvalue weighted by Crippen LogP contribution is -2.30. The van der Waals surface area contributed by atoms with Crippen molar-refractivity contribution in [3.8, 4) is 33.4 Å². The van der Waals surface area contributed by atoms with Gasteiger partial charge in [-0.15, -0.1) is 19.5 Å². The lowest BCUT2D eigenvalue weighted by atomic mass is 9.80. The minimum atomic E-state index is -1.52. The van der Waals surface area contributed by atoms with Crippen molar-refractivity contribution in [1.82, 2.24) is 0 Å². The second-order valence-corrected chi connectivity index (χ2v) is 21.1. The van der Waals surface area contributed by atoms with E-state index < -0.39 is 32.6 Å². The topological polar surface area (TPSA) is 68.3 Å². The molecule has 6 aromatic rings.